The number of sulfonamides is 1. The number of nitrogens with zero attached hydrogens (tertiary/aromatic N) is 2. The molecule has 0 unspecified atom stereocenters. The fourth-order valence-corrected chi connectivity index (χ4v) is 3.04. The minimum absolute atomic E-state index is 0.280. The van der Waals surface area contributed by atoms with E-state index in [2.05, 4.69) is 20.2 Å². The van der Waals surface area contributed by atoms with Gasteiger partial charge in [-0.15, -0.1) is 0 Å². The highest BCUT2D eigenvalue weighted by molar-refractivity contribution is 7.92. The summed E-state index contributed by atoms with van der Waals surface area (Å²) in [4.78, 5) is 17.0. The first-order valence-electron chi connectivity index (χ1n) is 7.36. The van der Waals surface area contributed by atoms with Crippen molar-refractivity contribution in [1.29, 1.82) is 0 Å². The van der Waals surface area contributed by atoms with Crippen molar-refractivity contribution in [2.75, 3.05) is 16.3 Å². The van der Waals surface area contributed by atoms with E-state index in [9.17, 15) is 13.2 Å². The summed E-state index contributed by atoms with van der Waals surface area (Å²) in [7, 11) is -3.48. The fourth-order valence-electron chi connectivity index (χ4n) is 2.47. The van der Waals surface area contributed by atoms with Crippen molar-refractivity contribution in [3.8, 4) is 0 Å². The van der Waals surface area contributed by atoms with Gasteiger partial charge >= 0.3 is 0 Å². The maximum absolute atomic E-state index is 12.8. The molecule has 130 valence electrons. The summed E-state index contributed by atoms with van der Waals surface area (Å²) in [6, 6.07) is 8.17. The Morgan fingerprint density at radius 2 is 1.84 bits per heavy atom. The van der Waals surface area contributed by atoms with Crippen LogP contribution in [-0.4, -0.2) is 30.7 Å². The zero-order valence-electron chi connectivity index (χ0n) is 13.8. The van der Waals surface area contributed by atoms with E-state index < -0.39 is 15.9 Å². The van der Waals surface area contributed by atoms with Crippen LogP contribution in [0.5, 0.6) is 0 Å². The van der Waals surface area contributed by atoms with Gasteiger partial charge in [0, 0.05) is 5.69 Å². The van der Waals surface area contributed by atoms with Gasteiger partial charge in [0.1, 0.15) is 0 Å². The van der Waals surface area contributed by atoms with Gasteiger partial charge in [0.25, 0.3) is 11.6 Å². The van der Waals surface area contributed by atoms with Crippen molar-refractivity contribution < 1.29 is 17.7 Å². The molecule has 2 aromatic heterocycles. The van der Waals surface area contributed by atoms with E-state index in [0.29, 0.717) is 28.0 Å². The van der Waals surface area contributed by atoms with Crippen LogP contribution in [0.4, 0.5) is 11.4 Å². The average molecular weight is 360 g/mol. The summed E-state index contributed by atoms with van der Waals surface area (Å²) < 4.78 is 30.5. The van der Waals surface area contributed by atoms with E-state index in [-0.39, 0.29) is 11.4 Å². The largest absolute Gasteiger partial charge is 0.336 e. The third kappa shape index (κ3) is 3.61. The Morgan fingerprint density at radius 3 is 2.52 bits per heavy atom. The molecule has 0 saturated heterocycles. The number of fused-ring (bicyclic) bond motifs is 1. The fraction of sp³-hybridized carbons (Fsp3) is 0.188. The van der Waals surface area contributed by atoms with Crippen LogP contribution in [0, 0.1) is 13.8 Å². The van der Waals surface area contributed by atoms with Crippen LogP contribution >= 0.6 is 0 Å². The molecular formula is C16H16N4O4S. The van der Waals surface area contributed by atoms with Gasteiger partial charge < -0.3 is 9.84 Å². The van der Waals surface area contributed by atoms with Gasteiger partial charge in [-0.2, -0.15) is 0 Å². The van der Waals surface area contributed by atoms with E-state index in [1.165, 1.54) is 0 Å². The highest BCUT2D eigenvalue weighted by Gasteiger charge is 2.19. The Kier molecular flexibility index (Phi) is 4.17. The Labute approximate surface area is 144 Å². The standard InChI is InChI=1S/C16H16N4O4S/c1-9-8-11(14-10(2)19-24-16(14)17-9)15(21)18-12-6-4-5-7-13(12)20-25(3,22)23/h4-8,20H,1-3H3,(H,18,21). The van der Waals surface area contributed by atoms with Crippen LogP contribution in [0.15, 0.2) is 34.9 Å². The molecule has 3 aromatic rings. The zero-order valence-corrected chi connectivity index (χ0v) is 14.6. The number of aryl methyl sites for hydroxylation is 2. The van der Waals surface area contributed by atoms with Crippen molar-refractivity contribution in [3.63, 3.8) is 0 Å². The van der Waals surface area contributed by atoms with E-state index in [0.717, 1.165) is 6.26 Å². The second-order valence-corrected chi connectivity index (χ2v) is 7.38. The summed E-state index contributed by atoms with van der Waals surface area (Å²) in [6.07, 6.45) is 1.04. The molecule has 8 nitrogen and oxygen atoms in total. The lowest BCUT2D eigenvalue weighted by Crippen LogP contribution is -2.16. The quantitative estimate of drug-likeness (QED) is 0.739. The molecule has 0 fully saturated rings. The number of aromatic nitrogens is 2. The summed E-state index contributed by atoms with van der Waals surface area (Å²) >= 11 is 0. The second kappa shape index (κ2) is 6.17. The molecule has 0 bridgehead atoms. The Balaban J connectivity index is 2.01. The normalized spacial score (nSPS) is 11.5. The van der Waals surface area contributed by atoms with Crippen LogP contribution in [0.25, 0.3) is 11.1 Å². The van der Waals surface area contributed by atoms with Crippen LogP contribution in [0.1, 0.15) is 21.7 Å². The van der Waals surface area contributed by atoms with Crippen LogP contribution < -0.4 is 10.0 Å². The smallest absolute Gasteiger partial charge is 0.258 e. The maximum Gasteiger partial charge on any atom is 0.258 e. The third-order valence-corrected chi connectivity index (χ3v) is 4.05. The van der Waals surface area contributed by atoms with E-state index in [1.807, 2.05) is 0 Å². The molecule has 0 aliphatic carbocycles. The number of benzene rings is 1. The first kappa shape index (κ1) is 16.9. The number of carbonyl (C=O) groups is 1. The molecule has 0 aliphatic heterocycles. The van der Waals surface area contributed by atoms with Gasteiger partial charge in [0.2, 0.25) is 10.0 Å². The lowest BCUT2D eigenvalue weighted by molar-refractivity contribution is 0.102. The monoisotopic (exact) mass is 360 g/mol. The summed E-state index contributed by atoms with van der Waals surface area (Å²) in [5.41, 5.74) is 2.42. The molecule has 0 spiro atoms. The predicted molar refractivity (Wildman–Crippen MR) is 94.1 cm³/mol. The number of hydrogen-bond donors (Lipinski definition) is 2. The van der Waals surface area contributed by atoms with E-state index in [4.69, 9.17) is 4.52 Å². The average Bonchev–Trinajstić information content (AvgIpc) is 2.88. The molecule has 0 atom stereocenters. The summed E-state index contributed by atoms with van der Waals surface area (Å²) in [6.45, 7) is 3.46. The minimum Gasteiger partial charge on any atom is -0.336 e. The van der Waals surface area contributed by atoms with Gasteiger partial charge in [-0.3, -0.25) is 9.52 Å². The Hall–Kier alpha value is -2.94. The van der Waals surface area contributed by atoms with Gasteiger partial charge in [-0.25, -0.2) is 13.4 Å². The van der Waals surface area contributed by atoms with Crippen molar-refractivity contribution in [2.24, 2.45) is 0 Å². The predicted octanol–water partition coefficient (Wildman–Crippen LogP) is 2.46. The first-order chi connectivity index (χ1) is 11.7. The second-order valence-electron chi connectivity index (χ2n) is 5.63. The zero-order chi connectivity index (χ0) is 18.2. The third-order valence-electron chi connectivity index (χ3n) is 3.46. The van der Waals surface area contributed by atoms with Gasteiger partial charge in [-0.05, 0) is 32.0 Å². The SMILES string of the molecule is Cc1cc(C(=O)Nc2ccccc2NS(C)(=O)=O)c2c(C)noc2n1. The number of amides is 1. The van der Waals surface area contributed by atoms with E-state index in [1.54, 1.807) is 44.2 Å². The van der Waals surface area contributed by atoms with Crippen molar-refractivity contribution in [3.05, 3.63) is 47.3 Å². The molecule has 0 saturated carbocycles. The number of carbonyl (C=O) groups excluding carboxylic acids is 1. The first-order valence-corrected chi connectivity index (χ1v) is 9.25. The molecular weight excluding hydrogens is 344 g/mol. The van der Waals surface area contributed by atoms with E-state index >= 15 is 0 Å². The summed E-state index contributed by atoms with van der Waals surface area (Å²) in [5.74, 6) is -0.412. The van der Waals surface area contributed by atoms with Gasteiger partial charge in [-0.1, -0.05) is 17.3 Å². The lowest BCUT2D eigenvalue weighted by atomic mass is 10.1. The number of nitrogens with one attached hydrogen (secondary N) is 2. The lowest BCUT2D eigenvalue weighted by Gasteiger charge is -2.12. The number of anilines is 2. The highest BCUT2D eigenvalue weighted by atomic mass is 32.2. The number of hydrogen-bond acceptors (Lipinski definition) is 6. The van der Waals surface area contributed by atoms with Gasteiger partial charge in [0.05, 0.1) is 34.3 Å². The molecule has 3 rings (SSSR count). The Morgan fingerprint density at radius 1 is 1.16 bits per heavy atom. The van der Waals surface area contributed by atoms with Crippen LogP contribution in [0.2, 0.25) is 0 Å². The summed E-state index contributed by atoms with van der Waals surface area (Å²) in [5, 5.41) is 7.09. The number of rotatable bonds is 4. The van der Waals surface area contributed by atoms with Crippen LogP contribution in [-0.2, 0) is 10.0 Å². The molecule has 25 heavy (non-hydrogen) atoms. The van der Waals surface area contributed by atoms with Crippen molar-refractivity contribution in [2.45, 2.75) is 13.8 Å². The molecule has 9 heteroatoms. The maximum atomic E-state index is 12.8. The number of pyridine rings is 1. The van der Waals surface area contributed by atoms with Crippen molar-refractivity contribution >= 4 is 38.4 Å². The highest BCUT2D eigenvalue weighted by Crippen LogP contribution is 2.26. The molecule has 1 amide bonds. The van der Waals surface area contributed by atoms with Crippen molar-refractivity contribution in [1.82, 2.24) is 10.1 Å². The topological polar surface area (TPSA) is 114 Å². The molecule has 1 aromatic carbocycles. The molecule has 2 N–H and O–H groups in total. The molecule has 0 aliphatic rings. The minimum atomic E-state index is -3.48. The molecule has 2 heterocycles. The van der Waals surface area contributed by atoms with Crippen LogP contribution in [0.3, 0.4) is 0 Å². The van der Waals surface area contributed by atoms with Gasteiger partial charge in [0.15, 0.2) is 0 Å². The number of para-hydroxylation sites is 2. The molecule has 0 radical (unpaired) electrons. The Bertz CT molecular complexity index is 1070.